The Kier molecular flexibility index (Phi) is 4.52. The van der Waals surface area contributed by atoms with Crippen LogP contribution in [0.15, 0.2) is 17.7 Å². The van der Waals surface area contributed by atoms with E-state index in [1.807, 2.05) is 13.0 Å². The number of aryl methyl sites for hydroxylation is 1. The summed E-state index contributed by atoms with van der Waals surface area (Å²) in [6.45, 7) is 4.84. The predicted molar refractivity (Wildman–Crippen MR) is 72.0 cm³/mol. The Morgan fingerprint density at radius 1 is 1.44 bits per heavy atom. The van der Waals surface area contributed by atoms with Crippen LogP contribution in [0, 0.1) is 6.92 Å². The fraction of sp³-hybridized carbons (Fsp3) is 0.538. The van der Waals surface area contributed by atoms with Gasteiger partial charge in [-0.1, -0.05) is 11.6 Å². The molecule has 0 atom stereocenters. The number of aromatic nitrogens is 2. The van der Waals surface area contributed by atoms with E-state index in [9.17, 15) is 0 Å². The van der Waals surface area contributed by atoms with Crippen LogP contribution in [0.5, 0.6) is 5.88 Å². The summed E-state index contributed by atoms with van der Waals surface area (Å²) in [5, 5.41) is 6.63. The van der Waals surface area contributed by atoms with Gasteiger partial charge < -0.3 is 15.4 Å². The first-order chi connectivity index (χ1) is 8.78. The Morgan fingerprint density at radius 3 is 3.06 bits per heavy atom. The number of anilines is 1. The van der Waals surface area contributed by atoms with Gasteiger partial charge in [0, 0.05) is 19.2 Å². The lowest BCUT2D eigenvalue weighted by atomic mass is 10.1. The topological polar surface area (TPSA) is 59.1 Å². The van der Waals surface area contributed by atoms with Crippen LogP contribution >= 0.6 is 0 Å². The molecule has 0 bridgehead atoms. The van der Waals surface area contributed by atoms with Crippen molar-refractivity contribution < 1.29 is 4.74 Å². The first-order valence-electron chi connectivity index (χ1n) is 6.30. The van der Waals surface area contributed by atoms with E-state index in [2.05, 4.69) is 26.7 Å². The zero-order valence-electron chi connectivity index (χ0n) is 11.0. The minimum Gasteiger partial charge on any atom is -0.481 e. The number of methoxy groups -OCH3 is 1. The van der Waals surface area contributed by atoms with Crippen LogP contribution in [0.4, 0.5) is 5.82 Å². The second-order valence-corrected chi connectivity index (χ2v) is 4.34. The molecule has 2 N–H and O–H groups in total. The van der Waals surface area contributed by atoms with Gasteiger partial charge in [0.2, 0.25) is 5.88 Å². The van der Waals surface area contributed by atoms with Crippen LogP contribution in [-0.4, -0.2) is 36.7 Å². The molecule has 2 rings (SSSR count). The fourth-order valence-electron chi connectivity index (χ4n) is 1.98. The molecule has 1 aliphatic rings. The molecule has 18 heavy (non-hydrogen) atoms. The fourth-order valence-corrected chi connectivity index (χ4v) is 1.98. The summed E-state index contributed by atoms with van der Waals surface area (Å²) in [7, 11) is 1.62. The number of rotatable bonds is 5. The second-order valence-electron chi connectivity index (χ2n) is 4.34. The summed E-state index contributed by atoms with van der Waals surface area (Å²) in [6, 6.07) is 1.82. The smallest absolute Gasteiger partial charge is 0.218 e. The molecule has 1 aromatic rings. The van der Waals surface area contributed by atoms with Crippen LogP contribution in [0.3, 0.4) is 0 Å². The van der Waals surface area contributed by atoms with Crippen LogP contribution in [0.25, 0.3) is 0 Å². The maximum atomic E-state index is 5.12. The van der Waals surface area contributed by atoms with E-state index in [0.29, 0.717) is 5.88 Å². The maximum Gasteiger partial charge on any atom is 0.218 e. The zero-order chi connectivity index (χ0) is 12.8. The average Bonchev–Trinajstić information content (AvgIpc) is 2.39. The second kappa shape index (κ2) is 6.35. The minimum absolute atomic E-state index is 0.603. The lowest BCUT2D eigenvalue weighted by molar-refractivity contribution is 0.396. The first-order valence-corrected chi connectivity index (χ1v) is 6.30. The Balaban J connectivity index is 1.86. The van der Waals surface area contributed by atoms with E-state index in [1.54, 1.807) is 7.11 Å². The van der Waals surface area contributed by atoms with Gasteiger partial charge in [-0.2, -0.15) is 4.98 Å². The summed E-state index contributed by atoms with van der Waals surface area (Å²) >= 11 is 0. The van der Waals surface area contributed by atoms with E-state index >= 15 is 0 Å². The van der Waals surface area contributed by atoms with Crippen LogP contribution in [0.1, 0.15) is 18.7 Å². The highest BCUT2D eigenvalue weighted by Crippen LogP contribution is 2.14. The van der Waals surface area contributed by atoms with Gasteiger partial charge in [-0.3, -0.25) is 0 Å². The highest BCUT2D eigenvalue weighted by Gasteiger charge is 2.04. The van der Waals surface area contributed by atoms with E-state index < -0.39 is 0 Å². The van der Waals surface area contributed by atoms with Gasteiger partial charge in [-0.25, -0.2) is 4.98 Å². The molecule has 0 amide bonds. The molecule has 98 valence electrons. The van der Waals surface area contributed by atoms with Crippen molar-refractivity contribution in [1.29, 1.82) is 0 Å². The van der Waals surface area contributed by atoms with Crippen molar-refractivity contribution in [2.45, 2.75) is 19.8 Å². The number of hydrogen-bond donors (Lipinski definition) is 2. The average molecular weight is 248 g/mol. The third kappa shape index (κ3) is 3.70. The van der Waals surface area contributed by atoms with Gasteiger partial charge in [0.05, 0.1) is 7.11 Å². The third-order valence-electron chi connectivity index (χ3n) is 2.93. The summed E-state index contributed by atoms with van der Waals surface area (Å²) in [5.41, 5.74) is 1.51. The molecule has 0 saturated carbocycles. The lowest BCUT2D eigenvalue weighted by Gasteiger charge is -2.14. The Hall–Kier alpha value is -1.62. The molecule has 0 fully saturated rings. The standard InChI is InChI=1S/C13H20N4O/c1-10-16-12(9-13(17-10)18-2)15-8-5-11-3-6-14-7-4-11/h3,9,14H,4-8H2,1-2H3,(H,15,16,17). The van der Waals surface area contributed by atoms with Gasteiger partial charge in [0.1, 0.15) is 11.6 Å². The van der Waals surface area contributed by atoms with Crippen molar-refractivity contribution >= 4 is 5.82 Å². The van der Waals surface area contributed by atoms with E-state index in [4.69, 9.17) is 4.74 Å². The summed E-state index contributed by atoms with van der Waals surface area (Å²) in [4.78, 5) is 8.49. The summed E-state index contributed by atoms with van der Waals surface area (Å²) < 4.78 is 5.12. The summed E-state index contributed by atoms with van der Waals surface area (Å²) in [5.74, 6) is 2.15. The minimum atomic E-state index is 0.603. The molecule has 2 heterocycles. The van der Waals surface area contributed by atoms with Crippen molar-refractivity contribution in [1.82, 2.24) is 15.3 Å². The normalized spacial score (nSPS) is 15.1. The largest absolute Gasteiger partial charge is 0.481 e. The molecular weight excluding hydrogens is 228 g/mol. The van der Waals surface area contributed by atoms with Gasteiger partial charge >= 0.3 is 0 Å². The van der Waals surface area contributed by atoms with E-state index in [1.165, 1.54) is 5.57 Å². The quantitative estimate of drug-likeness (QED) is 0.774. The van der Waals surface area contributed by atoms with Gasteiger partial charge in [-0.05, 0) is 26.3 Å². The number of ether oxygens (including phenoxy) is 1. The van der Waals surface area contributed by atoms with Crippen LogP contribution < -0.4 is 15.4 Å². The molecule has 0 unspecified atom stereocenters. The molecule has 5 nitrogen and oxygen atoms in total. The van der Waals surface area contributed by atoms with Crippen molar-refractivity contribution in [3.8, 4) is 5.88 Å². The van der Waals surface area contributed by atoms with Crippen LogP contribution in [0.2, 0.25) is 0 Å². The SMILES string of the molecule is COc1cc(NCCC2=CCNCC2)nc(C)n1. The molecule has 1 aliphatic heterocycles. The van der Waals surface area contributed by atoms with Crippen molar-refractivity contribution in [2.24, 2.45) is 0 Å². The zero-order valence-corrected chi connectivity index (χ0v) is 11.0. The van der Waals surface area contributed by atoms with Crippen molar-refractivity contribution in [3.05, 3.63) is 23.5 Å². The number of nitrogens with one attached hydrogen (secondary N) is 2. The Bertz CT molecular complexity index is 431. The van der Waals surface area contributed by atoms with E-state index in [-0.39, 0.29) is 0 Å². The van der Waals surface area contributed by atoms with E-state index in [0.717, 1.165) is 44.1 Å². The molecule has 1 aromatic heterocycles. The molecule has 0 radical (unpaired) electrons. The maximum absolute atomic E-state index is 5.12. The number of hydrogen-bond acceptors (Lipinski definition) is 5. The predicted octanol–water partition coefficient (Wildman–Crippen LogP) is 1.52. The molecule has 0 aliphatic carbocycles. The Labute approximate surface area is 108 Å². The molecular formula is C13H20N4O. The highest BCUT2D eigenvalue weighted by molar-refractivity contribution is 5.38. The molecule has 0 saturated heterocycles. The third-order valence-corrected chi connectivity index (χ3v) is 2.93. The molecule has 0 aromatic carbocycles. The van der Waals surface area contributed by atoms with Crippen molar-refractivity contribution in [2.75, 3.05) is 32.1 Å². The van der Waals surface area contributed by atoms with Gasteiger partial charge in [0.25, 0.3) is 0 Å². The molecule has 0 spiro atoms. The number of nitrogens with zero attached hydrogens (tertiary/aromatic N) is 2. The monoisotopic (exact) mass is 248 g/mol. The highest BCUT2D eigenvalue weighted by atomic mass is 16.5. The molecule has 5 heteroatoms. The summed E-state index contributed by atoms with van der Waals surface area (Å²) in [6.07, 6.45) is 4.48. The van der Waals surface area contributed by atoms with Gasteiger partial charge in [-0.15, -0.1) is 0 Å². The first kappa shape index (κ1) is 12.8. The Morgan fingerprint density at radius 2 is 2.33 bits per heavy atom. The lowest BCUT2D eigenvalue weighted by Crippen LogP contribution is -2.21. The van der Waals surface area contributed by atoms with Crippen molar-refractivity contribution in [3.63, 3.8) is 0 Å². The van der Waals surface area contributed by atoms with Gasteiger partial charge in [0.15, 0.2) is 0 Å². The van der Waals surface area contributed by atoms with Crippen LogP contribution in [-0.2, 0) is 0 Å².